The Kier molecular flexibility index (Phi) is 20.9. The highest BCUT2D eigenvalue weighted by atomic mass is 16.5. The third-order valence-corrected chi connectivity index (χ3v) is 11.7. The first-order chi connectivity index (χ1) is 28.7. The van der Waals surface area contributed by atoms with Gasteiger partial charge in [0.05, 0.1) is 6.61 Å². The second-order valence-electron chi connectivity index (χ2n) is 16.4. The predicted octanol–water partition coefficient (Wildman–Crippen LogP) is 15.6. The van der Waals surface area contributed by atoms with E-state index in [-0.39, 0.29) is 12.1 Å². The predicted molar refractivity (Wildman–Crippen MR) is 249 cm³/mol. The monoisotopic (exact) mass is 784 g/mol. The number of hydrogen-bond donors (Lipinski definition) is 1. The van der Waals surface area contributed by atoms with Gasteiger partial charge in [-0.3, -0.25) is 4.79 Å². The van der Waals surface area contributed by atoms with Gasteiger partial charge in [0, 0.05) is 25.2 Å². The minimum absolute atomic E-state index is 0.108. The van der Waals surface area contributed by atoms with Crippen LogP contribution in [0.15, 0.2) is 103 Å². The SMILES string of the molecule is CCCCCCCCCCCCOCCC(NC(=O)c1ccc(-c2c3ccccc3c(-c3ccccc3)c3ccccc23)cc1)OCCCCCCCCCCCC. The van der Waals surface area contributed by atoms with Crippen LogP contribution in [0.5, 0.6) is 0 Å². The second-order valence-corrected chi connectivity index (χ2v) is 16.4. The van der Waals surface area contributed by atoms with Crippen molar-refractivity contribution in [2.45, 2.75) is 155 Å². The number of unbranched alkanes of at least 4 members (excludes halogenated alkanes) is 18. The molecule has 0 heterocycles. The molecule has 58 heavy (non-hydrogen) atoms. The summed E-state index contributed by atoms with van der Waals surface area (Å²) >= 11 is 0. The topological polar surface area (TPSA) is 47.6 Å². The van der Waals surface area contributed by atoms with Gasteiger partial charge in [0.25, 0.3) is 5.91 Å². The number of benzene rings is 5. The summed E-state index contributed by atoms with van der Waals surface area (Å²) in [6, 6.07) is 36.2. The molecular formula is C54H73NO3. The fourth-order valence-corrected chi connectivity index (χ4v) is 8.37. The average molecular weight is 784 g/mol. The van der Waals surface area contributed by atoms with Crippen LogP contribution >= 0.6 is 0 Å². The van der Waals surface area contributed by atoms with Crippen molar-refractivity contribution in [3.63, 3.8) is 0 Å². The Bertz CT molecular complexity index is 1810. The smallest absolute Gasteiger partial charge is 0.253 e. The molecule has 5 aromatic carbocycles. The van der Waals surface area contributed by atoms with E-state index in [1.54, 1.807) is 0 Å². The summed E-state index contributed by atoms with van der Waals surface area (Å²) in [5.41, 5.74) is 5.38. The largest absolute Gasteiger partial charge is 0.381 e. The molecule has 4 heteroatoms. The van der Waals surface area contributed by atoms with Crippen molar-refractivity contribution in [1.29, 1.82) is 0 Å². The molecule has 0 aliphatic rings. The molecule has 1 N–H and O–H groups in total. The molecule has 1 amide bonds. The summed E-state index contributed by atoms with van der Waals surface area (Å²) in [5, 5.41) is 8.07. The van der Waals surface area contributed by atoms with Gasteiger partial charge in [-0.25, -0.2) is 0 Å². The molecule has 5 aromatic rings. The Labute approximate surface area is 351 Å². The quantitative estimate of drug-likeness (QED) is 0.0287. The van der Waals surface area contributed by atoms with Crippen LogP contribution in [0.4, 0.5) is 0 Å². The summed E-state index contributed by atoms with van der Waals surface area (Å²) in [6.45, 7) is 6.56. The van der Waals surface area contributed by atoms with Crippen molar-refractivity contribution in [2.75, 3.05) is 19.8 Å². The van der Waals surface area contributed by atoms with Crippen LogP contribution in [0.3, 0.4) is 0 Å². The van der Waals surface area contributed by atoms with Gasteiger partial charge in [-0.2, -0.15) is 0 Å². The van der Waals surface area contributed by atoms with Gasteiger partial charge in [0.1, 0.15) is 6.23 Å². The van der Waals surface area contributed by atoms with E-state index in [4.69, 9.17) is 9.47 Å². The second kappa shape index (κ2) is 26.9. The van der Waals surface area contributed by atoms with Crippen LogP contribution in [0.2, 0.25) is 0 Å². The van der Waals surface area contributed by atoms with Gasteiger partial charge in [-0.1, -0.05) is 220 Å². The summed E-state index contributed by atoms with van der Waals surface area (Å²) in [7, 11) is 0. The molecule has 1 atom stereocenters. The number of carbonyl (C=O) groups excluding carboxylic acids is 1. The molecule has 0 spiro atoms. The van der Waals surface area contributed by atoms with E-state index in [0.717, 1.165) is 25.0 Å². The molecule has 4 nitrogen and oxygen atoms in total. The number of nitrogens with one attached hydrogen (secondary N) is 1. The zero-order valence-electron chi connectivity index (χ0n) is 36.1. The van der Waals surface area contributed by atoms with E-state index in [2.05, 4.69) is 110 Å². The lowest BCUT2D eigenvalue weighted by atomic mass is 9.86. The third kappa shape index (κ3) is 14.7. The Morgan fingerprint density at radius 3 is 1.31 bits per heavy atom. The minimum Gasteiger partial charge on any atom is -0.381 e. The van der Waals surface area contributed by atoms with Crippen molar-refractivity contribution < 1.29 is 14.3 Å². The maximum atomic E-state index is 13.7. The Hall–Kier alpha value is -3.99. The summed E-state index contributed by atoms with van der Waals surface area (Å²) in [5.74, 6) is -0.108. The standard InChI is InChI=1S/C54H73NO3/c1-3-5-7-9-11-13-15-17-19-28-41-57-43-40-51(58-42-29-20-18-16-14-12-10-8-6-4-2)55-54(56)46-38-36-45(37-39-46)53-49-34-26-24-32-47(49)52(44-30-22-21-23-31-44)48-33-25-27-35-50(48)53/h21-27,30-39,51H,3-20,28-29,40-43H2,1-2H3,(H,55,56). The van der Waals surface area contributed by atoms with Crippen LogP contribution in [0.25, 0.3) is 43.8 Å². The van der Waals surface area contributed by atoms with Crippen LogP contribution in [-0.4, -0.2) is 32.0 Å². The molecule has 0 aromatic heterocycles. The molecule has 5 rings (SSSR count). The molecule has 0 radical (unpaired) electrons. The lowest BCUT2D eigenvalue weighted by Crippen LogP contribution is -2.38. The lowest BCUT2D eigenvalue weighted by Gasteiger charge is -2.20. The number of carbonyl (C=O) groups is 1. The number of fused-ring (bicyclic) bond motifs is 2. The molecule has 0 fully saturated rings. The summed E-state index contributed by atoms with van der Waals surface area (Å²) in [4.78, 5) is 13.7. The normalized spacial score (nSPS) is 12.0. The van der Waals surface area contributed by atoms with Crippen molar-refractivity contribution in [2.24, 2.45) is 0 Å². The Morgan fingerprint density at radius 2 is 0.845 bits per heavy atom. The summed E-state index contributed by atoms with van der Waals surface area (Å²) < 4.78 is 12.4. The zero-order chi connectivity index (χ0) is 40.5. The van der Waals surface area contributed by atoms with Crippen LogP contribution in [0, 0.1) is 0 Å². The van der Waals surface area contributed by atoms with E-state index in [1.807, 2.05) is 12.1 Å². The number of rotatable bonds is 30. The van der Waals surface area contributed by atoms with Crippen molar-refractivity contribution in [3.05, 3.63) is 109 Å². The van der Waals surface area contributed by atoms with Crippen LogP contribution in [-0.2, 0) is 9.47 Å². The first-order valence-electron chi connectivity index (χ1n) is 23.3. The zero-order valence-corrected chi connectivity index (χ0v) is 36.1. The van der Waals surface area contributed by atoms with Gasteiger partial charge in [0.2, 0.25) is 0 Å². The Balaban J connectivity index is 1.17. The minimum atomic E-state index is -0.378. The van der Waals surface area contributed by atoms with Crippen molar-refractivity contribution >= 4 is 27.5 Å². The maximum absolute atomic E-state index is 13.7. The highest BCUT2D eigenvalue weighted by Crippen LogP contribution is 2.43. The van der Waals surface area contributed by atoms with E-state index in [9.17, 15) is 4.79 Å². The van der Waals surface area contributed by atoms with Gasteiger partial charge in [-0.05, 0) is 68.8 Å². The molecule has 0 saturated heterocycles. The average Bonchev–Trinajstić information content (AvgIpc) is 3.26. The number of amides is 1. The molecule has 0 aliphatic carbocycles. The van der Waals surface area contributed by atoms with E-state index in [1.165, 1.54) is 154 Å². The van der Waals surface area contributed by atoms with E-state index >= 15 is 0 Å². The molecule has 0 bridgehead atoms. The highest BCUT2D eigenvalue weighted by Gasteiger charge is 2.18. The first kappa shape index (κ1) is 45.1. The van der Waals surface area contributed by atoms with Gasteiger partial charge in [-0.15, -0.1) is 0 Å². The van der Waals surface area contributed by atoms with E-state index in [0.29, 0.717) is 25.2 Å². The number of ether oxygens (including phenoxy) is 2. The first-order valence-corrected chi connectivity index (χ1v) is 23.3. The Morgan fingerprint density at radius 1 is 0.448 bits per heavy atom. The fraction of sp³-hybridized carbons (Fsp3) is 0.500. The van der Waals surface area contributed by atoms with Crippen LogP contribution in [0.1, 0.15) is 159 Å². The van der Waals surface area contributed by atoms with Crippen LogP contribution < -0.4 is 5.32 Å². The van der Waals surface area contributed by atoms with Crippen molar-refractivity contribution in [3.8, 4) is 22.3 Å². The molecule has 1 unspecified atom stereocenters. The molecular weight excluding hydrogens is 711 g/mol. The maximum Gasteiger partial charge on any atom is 0.253 e. The third-order valence-electron chi connectivity index (χ3n) is 11.7. The van der Waals surface area contributed by atoms with E-state index < -0.39 is 0 Å². The summed E-state index contributed by atoms with van der Waals surface area (Å²) in [6.07, 6.45) is 26.3. The highest BCUT2D eigenvalue weighted by molar-refractivity contribution is 6.21. The molecule has 0 aliphatic heterocycles. The molecule has 0 saturated carbocycles. The van der Waals surface area contributed by atoms with Gasteiger partial charge < -0.3 is 14.8 Å². The fourth-order valence-electron chi connectivity index (χ4n) is 8.37. The van der Waals surface area contributed by atoms with Crippen molar-refractivity contribution in [1.82, 2.24) is 5.32 Å². The van der Waals surface area contributed by atoms with Gasteiger partial charge in [0.15, 0.2) is 0 Å². The number of hydrogen-bond acceptors (Lipinski definition) is 3. The molecule has 312 valence electrons. The lowest BCUT2D eigenvalue weighted by molar-refractivity contribution is 0.00178. The van der Waals surface area contributed by atoms with Gasteiger partial charge >= 0.3 is 0 Å².